The first-order valence-corrected chi connectivity index (χ1v) is 9.56. The molecule has 1 N–H and O–H groups in total. The second-order valence-corrected chi connectivity index (χ2v) is 7.35. The highest BCUT2D eigenvalue weighted by atomic mass is 32.2. The zero-order valence-corrected chi connectivity index (χ0v) is 14.9. The summed E-state index contributed by atoms with van der Waals surface area (Å²) in [6.45, 7) is 1.87. The van der Waals surface area contributed by atoms with Crippen LogP contribution in [0.2, 0.25) is 0 Å². The normalized spacial score (nSPS) is 13.0. The molecule has 0 fully saturated rings. The Hall–Kier alpha value is -2.54. The minimum Gasteiger partial charge on any atom is -0.377 e. The predicted octanol–water partition coefficient (Wildman–Crippen LogP) is 3.39. The van der Waals surface area contributed by atoms with Gasteiger partial charge in [0.1, 0.15) is 5.69 Å². The van der Waals surface area contributed by atoms with Crippen LogP contribution in [0.15, 0.2) is 48.5 Å². The number of nitrogens with zero attached hydrogens (tertiary/aromatic N) is 1. The van der Waals surface area contributed by atoms with Crippen LogP contribution in [-0.2, 0) is 10.8 Å². The van der Waals surface area contributed by atoms with Gasteiger partial charge < -0.3 is 5.32 Å². The smallest absolute Gasteiger partial charge is 0.293 e. The molecule has 25 heavy (non-hydrogen) atoms. The van der Waals surface area contributed by atoms with E-state index in [0.29, 0.717) is 23.4 Å². The Balaban J connectivity index is 2.24. The van der Waals surface area contributed by atoms with Gasteiger partial charge in [0.15, 0.2) is 5.78 Å². The molecule has 0 aromatic heterocycles. The van der Waals surface area contributed by atoms with Crippen molar-refractivity contribution in [3.05, 3.63) is 69.8 Å². The second kappa shape index (κ2) is 8.53. The first kappa shape index (κ1) is 18.8. The van der Waals surface area contributed by atoms with Gasteiger partial charge in [-0.1, -0.05) is 30.3 Å². The molecule has 132 valence electrons. The molecule has 2 aromatic carbocycles. The molecule has 0 spiro atoms. The summed E-state index contributed by atoms with van der Waals surface area (Å²) in [6, 6.07) is 13.0. The van der Waals surface area contributed by atoms with Crippen molar-refractivity contribution in [3.63, 3.8) is 0 Å². The van der Waals surface area contributed by atoms with Crippen molar-refractivity contribution in [3.8, 4) is 0 Å². The lowest BCUT2D eigenvalue weighted by molar-refractivity contribution is -0.384. The van der Waals surface area contributed by atoms with Gasteiger partial charge in [0.25, 0.3) is 5.69 Å². The standard InChI is InChI=1S/C18H20N2O4S/c1-13(10-11-25(2)24)19-16-9-8-15(12-17(16)20(22)23)18(21)14-6-4-3-5-7-14/h3-9,12-13,19H,10-11H2,1-2H3/t13-,25-/m1/s1. The zero-order chi connectivity index (χ0) is 18.4. The van der Waals surface area contributed by atoms with Crippen molar-refractivity contribution < 1.29 is 13.9 Å². The number of anilines is 1. The van der Waals surface area contributed by atoms with Gasteiger partial charge in [0, 0.05) is 46.0 Å². The van der Waals surface area contributed by atoms with Crippen LogP contribution in [0.4, 0.5) is 11.4 Å². The number of rotatable bonds is 8. The van der Waals surface area contributed by atoms with Crippen LogP contribution in [-0.4, -0.2) is 33.0 Å². The summed E-state index contributed by atoms with van der Waals surface area (Å²) in [6.07, 6.45) is 2.25. The van der Waals surface area contributed by atoms with Crippen molar-refractivity contribution in [2.24, 2.45) is 0 Å². The molecule has 2 aromatic rings. The Bertz CT molecular complexity index is 793. The Morgan fingerprint density at radius 1 is 1.20 bits per heavy atom. The minimum absolute atomic E-state index is 0.0710. The van der Waals surface area contributed by atoms with E-state index < -0.39 is 15.7 Å². The molecule has 2 atom stereocenters. The average molecular weight is 360 g/mol. The SMILES string of the molecule is C[C@H](CC[S@@](C)=O)Nc1ccc(C(=O)c2ccccc2)cc1[N+](=O)[O-]. The molecule has 0 aliphatic heterocycles. The minimum atomic E-state index is -0.908. The number of hydrogen-bond donors (Lipinski definition) is 1. The van der Waals surface area contributed by atoms with Crippen LogP contribution in [0.1, 0.15) is 29.3 Å². The highest BCUT2D eigenvalue weighted by Gasteiger charge is 2.19. The van der Waals surface area contributed by atoms with Crippen LogP contribution in [0.5, 0.6) is 0 Å². The molecule has 0 amide bonds. The third kappa shape index (κ3) is 5.22. The molecule has 6 nitrogen and oxygen atoms in total. The van der Waals surface area contributed by atoms with Gasteiger partial charge >= 0.3 is 0 Å². The number of carbonyl (C=O) groups is 1. The maximum Gasteiger partial charge on any atom is 0.293 e. The molecule has 7 heteroatoms. The Morgan fingerprint density at radius 3 is 2.48 bits per heavy atom. The highest BCUT2D eigenvalue weighted by Crippen LogP contribution is 2.27. The average Bonchev–Trinajstić information content (AvgIpc) is 2.60. The van der Waals surface area contributed by atoms with Gasteiger partial charge in [-0.05, 0) is 25.5 Å². The molecule has 2 rings (SSSR count). The van der Waals surface area contributed by atoms with Crippen molar-refractivity contribution in [1.82, 2.24) is 0 Å². The molecular weight excluding hydrogens is 340 g/mol. The van der Waals surface area contributed by atoms with Crippen molar-refractivity contribution in [1.29, 1.82) is 0 Å². The molecular formula is C18H20N2O4S. The molecule has 0 aliphatic carbocycles. The van der Waals surface area contributed by atoms with E-state index >= 15 is 0 Å². The molecule has 0 bridgehead atoms. The van der Waals surface area contributed by atoms with Crippen molar-refractivity contribution in [2.45, 2.75) is 19.4 Å². The van der Waals surface area contributed by atoms with Crippen LogP contribution < -0.4 is 5.32 Å². The van der Waals surface area contributed by atoms with Crippen LogP contribution >= 0.6 is 0 Å². The van der Waals surface area contributed by atoms with Gasteiger partial charge in [-0.15, -0.1) is 0 Å². The number of benzene rings is 2. The maximum atomic E-state index is 12.5. The quantitative estimate of drug-likeness (QED) is 0.443. The molecule has 0 unspecified atom stereocenters. The van der Waals surface area contributed by atoms with E-state index in [4.69, 9.17) is 0 Å². The summed E-state index contributed by atoms with van der Waals surface area (Å²) in [5, 5.41) is 14.5. The monoisotopic (exact) mass is 360 g/mol. The van der Waals surface area contributed by atoms with E-state index in [2.05, 4.69) is 5.32 Å². The van der Waals surface area contributed by atoms with Crippen molar-refractivity contribution >= 4 is 28.0 Å². The summed E-state index contributed by atoms with van der Waals surface area (Å²) in [7, 11) is -0.908. The number of nitro groups is 1. The van der Waals surface area contributed by atoms with E-state index in [1.165, 1.54) is 6.07 Å². The van der Waals surface area contributed by atoms with Gasteiger partial charge in [-0.2, -0.15) is 0 Å². The third-order valence-electron chi connectivity index (χ3n) is 3.73. The third-order valence-corrected chi connectivity index (χ3v) is 4.54. The Morgan fingerprint density at radius 2 is 1.88 bits per heavy atom. The molecule has 0 saturated carbocycles. The number of nitrogens with one attached hydrogen (secondary N) is 1. The first-order valence-electron chi connectivity index (χ1n) is 7.83. The van der Waals surface area contributed by atoms with Gasteiger partial charge in [-0.25, -0.2) is 0 Å². The van der Waals surface area contributed by atoms with Gasteiger partial charge in [0.05, 0.1) is 4.92 Å². The van der Waals surface area contributed by atoms with E-state index in [1.54, 1.807) is 48.7 Å². The molecule has 0 saturated heterocycles. The van der Waals surface area contributed by atoms with Crippen LogP contribution in [0.3, 0.4) is 0 Å². The van der Waals surface area contributed by atoms with Crippen LogP contribution in [0, 0.1) is 10.1 Å². The van der Waals surface area contributed by atoms with E-state index in [9.17, 15) is 19.1 Å². The Kier molecular flexibility index (Phi) is 6.41. The topological polar surface area (TPSA) is 89.3 Å². The van der Waals surface area contributed by atoms with Crippen LogP contribution in [0.25, 0.3) is 0 Å². The number of nitro benzene ring substituents is 1. The predicted molar refractivity (Wildman–Crippen MR) is 99.6 cm³/mol. The van der Waals surface area contributed by atoms with Crippen molar-refractivity contribution in [2.75, 3.05) is 17.3 Å². The molecule has 0 heterocycles. The lowest BCUT2D eigenvalue weighted by Crippen LogP contribution is -2.18. The maximum absolute atomic E-state index is 12.5. The fourth-order valence-electron chi connectivity index (χ4n) is 2.38. The summed E-state index contributed by atoms with van der Waals surface area (Å²) >= 11 is 0. The zero-order valence-electron chi connectivity index (χ0n) is 14.1. The van der Waals surface area contributed by atoms with Gasteiger partial charge in [0.2, 0.25) is 0 Å². The number of ketones is 1. The lowest BCUT2D eigenvalue weighted by Gasteiger charge is -2.15. The van der Waals surface area contributed by atoms with E-state index in [1.807, 2.05) is 6.92 Å². The summed E-state index contributed by atoms with van der Waals surface area (Å²) < 4.78 is 11.2. The molecule has 0 aliphatic rings. The summed E-state index contributed by atoms with van der Waals surface area (Å²) in [5.41, 5.74) is 0.956. The first-order chi connectivity index (χ1) is 11.9. The van der Waals surface area contributed by atoms with E-state index in [0.717, 1.165) is 0 Å². The lowest BCUT2D eigenvalue weighted by atomic mass is 10.0. The van der Waals surface area contributed by atoms with E-state index in [-0.39, 0.29) is 23.1 Å². The summed E-state index contributed by atoms with van der Waals surface area (Å²) in [5.74, 6) is 0.261. The fraction of sp³-hybridized carbons (Fsp3) is 0.278. The number of carbonyl (C=O) groups excluding carboxylic acids is 1. The molecule has 0 radical (unpaired) electrons. The summed E-state index contributed by atoms with van der Waals surface area (Å²) in [4.78, 5) is 23.3. The van der Waals surface area contributed by atoms with Gasteiger partial charge in [-0.3, -0.25) is 19.1 Å². The fourth-order valence-corrected chi connectivity index (χ4v) is 3.07. The largest absolute Gasteiger partial charge is 0.377 e. The Labute approximate surface area is 148 Å². The number of hydrogen-bond acceptors (Lipinski definition) is 5. The highest BCUT2D eigenvalue weighted by molar-refractivity contribution is 7.84. The second-order valence-electron chi connectivity index (χ2n) is 5.80.